The molecular formula is C16H10Cl2N2O2. The topological polar surface area (TPSA) is 65.7 Å². The van der Waals surface area contributed by atoms with Gasteiger partial charge in [0, 0.05) is 10.0 Å². The summed E-state index contributed by atoms with van der Waals surface area (Å²) in [6.07, 6.45) is 0. The summed E-state index contributed by atoms with van der Waals surface area (Å²) in [5, 5.41) is 1.14. The highest BCUT2D eigenvalue weighted by Gasteiger charge is 2.13. The van der Waals surface area contributed by atoms with Crippen LogP contribution in [0.5, 0.6) is 0 Å². The van der Waals surface area contributed by atoms with Crippen molar-refractivity contribution in [3.05, 3.63) is 79.4 Å². The number of halogens is 2. The summed E-state index contributed by atoms with van der Waals surface area (Å²) >= 11 is 11.8. The number of rotatable bonds is 2. The maximum absolute atomic E-state index is 12.3. The molecule has 0 aliphatic carbocycles. The van der Waals surface area contributed by atoms with Crippen molar-refractivity contribution < 1.29 is 0 Å². The molecule has 0 aliphatic rings. The summed E-state index contributed by atoms with van der Waals surface area (Å²) in [6, 6.07) is 13.7. The van der Waals surface area contributed by atoms with Crippen molar-refractivity contribution in [1.29, 1.82) is 0 Å². The van der Waals surface area contributed by atoms with E-state index in [1.165, 1.54) is 0 Å². The average Bonchev–Trinajstić information content (AvgIpc) is 2.49. The van der Waals surface area contributed by atoms with Gasteiger partial charge in [-0.1, -0.05) is 47.5 Å². The highest BCUT2D eigenvalue weighted by Crippen LogP contribution is 2.28. The number of hydrogen-bond acceptors (Lipinski definition) is 2. The van der Waals surface area contributed by atoms with Crippen molar-refractivity contribution in [3.8, 4) is 22.4 Å². The van der Waals surface area contributed by atoms with Gasteiger partial charge in [0.2, 0.25) is 0 Å². The van der Waals surface area contributed by atoms with Crippen LogP contribution in [0.2, 0.25) is 10.0 Å². The average molecular weight is 333 g/mol. The molecule has 0 amide bonds. The highest BCUT2D eigenvalue weighted by atomic mass is 35.5. The number of benzene rings is 2. The first-order chi connectivity index (χ1) is 10.5. The van der Waals surface area contributed by atoms with Crippen molar-refractivity contribution in [3.63, 3.8) is 0 Å². The second-order valence-corrected chi connectivity index (χ2v) is 5.54. The fourth-order valence-electron chi connectivity index (χ4n) is 2.21. The predicted molar refractivity (Wildman–Crippen MR) is 88.6 cm³/mol. The van der Waals surface area contributed by atoms with Gasteiger partial charge in [-0.3, -0.25) is 9.78 Å². The second kappa shape index (κ2) is 5.83. The van der Waals surface area contributed by atoms with Crippen LogP contribution in [0.4, 0.5) is 0 Å². The Morgan fingerprint density at radius 3 is 1.73 bits per heavy atom. The Morgan fingerprint density at radius 1 is 0.682 bits per heavy atom. The molecule has 0 fully saturated rings. The highest BCUT2D eigenvalue weighted by molar-refractivity contribution is 6.31. The van der Waals surface area contributed by atoms with Gasteiger partial charge in [-0.2, -0.15) is 0 Å². The van der Waals surface area contributed by atoms with Gasteiger partial charge >= 0.3 is 5.69 Å². The molecular weight excluding hydrogens is 323 g/mol. The maximum Gasteiger partial charge on any atom is 0.326 e. The van der Waals surface area contributed by atoms with E-state index < -0.39 is 11.2 Å². The van der Waals surface area contributed by atoms with Crippen LogP contribution in [0.1, 0.15) is 0 Å². The molecule has 0 unspecified atom stereocenters. The first-order valence-electron chi connectivity index (χ1n) is 6.43. The SMILES string of the molecule is O=c1[nH]c(-c2ccc(Cl)cc2)c(-c2ccc(Cl)cc2)c(=O)[nH]1. The first-order valence-corrected chi connectivity index (χ1v) is 7.18. The van der Waals surface area contributed by atoms with E-state index in [9.17, 15) is 9.59 Å². The molecule has 0 bridgehead atoms. The minimum absolute atomic E-state index is 0.374. The first kappa shape index (κ1) is 14.6. The monoisotopic (exact) mass is 332 g/mol. The summed E-state index contributed by atoms with van der Waals surface area (Å²) in [5.74, 6) is 0. The molecule has 4 nitrogen and oxygen atoms in total. The van der Waals surface area contributed by atoms with Crippen molar-refractivity contribution in [2.24, 2.45) is 0 Å². The Hall–Kier alpha value is -2.30. The molecule has 6 heteroatoms. The Labute approximate surface area is 135 Å². The molecule has 0 aliphatic heterocycles. The third kappa shape index (κ3) is 2.84. The van der Waals surface area contributed by atoms with E-state index >= 15 is 0 Å². The molecule has 22 heavy (non-hydrogen) atoms. The van der Waals surface area contributed by atoms with Gasteiger partial charge in [0.25, 0.3) is 5.56 Å². The summed E-state index contributed by atoms with van der Waals surface area (Å²) in [4.78, 5) is 28.8. The number of hydrogen-bond donors (Lipinski definition) is 2. The van der Waals surface area contributed by atoms with Crippen LogP contribution in [0.3, 0.4) is 0 Å². The quantitative estimate of drug-likeness (QED) is 0.751. The van der Waals surface area contributed by atoms with Crippen molar-refractivity contribution >= 4 is 23.2 Å². The van der Waals surface area contributed by atoms with Gasteiger partial charge in [-0.05, 0) is 35.4 Å². The minimum atomic E-state index is -0.562. The van der Waals surface area contributed by atoms with Crippen LogP contribution in [0.25, 0.3) is 22.4 Å². The van der Waals surface area contributed by atoms with Crippen LogP contribution in [0.15, 0.2) is 58.1 Å². The molecule has 2 N–H and O–H groups in total. The van der Waals surface area contributed by atoms with Crippen molar-refractivity contribution in [2.45, 2.75) is 0 Å². The Morgan fingerprint density at radius 2 is 1.18 bits per heavy atom. The number of aromatic amines is 2. The number of aromatic nitrogens is 2. The van der Waals surface area contributed by atoms with Crippen LogP contribution >= 0.6 is 23.2 Å². The molecule has 0 atom stereocenters. The van der Waals surface area contributed by atoms with Crippen LogP contribution in [-0.2, 0) is 0 Å². The van der Waals surface area contributed by atoms with Crippen LogP contribution in [-0.4, -0.2) is 9.97 Å². The van der Waals surface area contributed by atoms with Crippen molar-refractivity contribution in [2.75, 3.05) is 0 Å². The molecule has 0 saturated carbocycles. The third-order valence-corrected chi connectivity index (χ3v) is 3.71. The Balaban J connectivity index is 2.29. The van der Waals surface area contributed by atoms with Crippen molar-refractivity contribution in [1.82, 2.24) is 9.97 Å². The largest absolute Gasteiger partial charge is 0.326 e. The summed E-state index contributed by atoms with van der Waals surface area (Å²) in [7, 11) is 0. The van der Waals surface area contributed by atoms with Crippen LogP contribution < -0.4 is 11.2 Å². The lowest BCUT2D eigenvalue weighted by atomic mass is 10.0. The lowest BCUT2D eigenvalue weighted by Gasteiger charge is -2.09. The number of H-pyrrole nitrogens is 2. The Bertz CT molecular complexity index is 926. The maximum atomic E-state index is 12.3. The molecule has 0 spiro atoms. The van der Waals surface area contributed by atoms with E-state index in [-0.39, 0.29) is 0 Å². The van der Waals surface area contributed by atoms with E-state index in [2.05, 4.69) is 9.97 Å². The van der Waals surface area contributed by atoms with E-state index in [4.69, 9.17) is 23.2 Å². The molecule has 0 radical (unpaired) electrons. The summed E-state index contributed by atoms with van der Waals surface area (Å²) < 4.78 is 0. The van der Waals surface area contributed by atoms with Gasteiger partial charge < -0.3 is 4.98 Å². The molecule has 2 aromatic carbocycles. The van der Waals surface area contributed by atoms with Crippen LogP contribution in [0, 0.1) is 0 Å². The fraction of sp³-hybridized carbons (Fsp3) is 0. The van der Waals surface area contributed by atoms with Gasteiger partial charge in [0.1, 0.15) is 0 Å². The van der Waals surface area contributed by atoms with Gasteiger partial charge in [-0.25, -0.2) is 4.79 Å². The Kier molecular flexibility index (Phi) is 3.88. The third-order valence-electron chi connectivity index (χ3n) is 3.21. The molecule has 1 heterocycles. The van der Waals surface area contributed by atoms with E-state index in [1.807, 2.05) is 0 Å². The lowest BCUT2D eigenvalue weighted by molar-refractivity contribution is 1.05. The zero-order valence-corrected chi connectivity index (χ0v) is 12.7. The molecule has 3 aromatic rings. The minimum Gasteiger partial charge on any atom is -0.306 e. The standard InChI is InChI=1S/C16H10Cl2N2O2/c17-11-5-1-9(2-6-11)13-14(19-16(22)20-15(13)21)10-3-7-12(18)8-4-10/h1-8H,(H2,19,20,21,22). The zero-order chi connectivity index (χ0) is 15.7. The second-order valence-electron chi connectivity index (χ2n) is 4.67. The molecule has 110 valence electrons. The fourth-order valence-corrected chi connectivity index (χ4v) is 2.46. The van der Waals surface area contributed by atoms with Gasteiger partial charge in [0.15, 0.2) is 0 Å². The summed E-state index contributed by atoms with van der Waals surface area (Å²) in [5.41, 5.74) is 1.14. The summed E-state index contributed by atoms with van der Waals surface area (Å²) in [6.45, 7) is 0. The molecule has 1 aromatic heterocycles. The van der Waals surface area contributed by atoms with Gasteiger partial charge in [-0.15, -0.1) is 0 Å². The predicted octanol–water partition coefficient (Wildman–Crippen LogP) is 3.70. The van der Waals surface area contributed by atoms with E-state index in [0.717, 1.165) is 0 Å². The number of nitrogens with one attached hydrogen (secondary N) is 2. The smallest absolute Gasteiger partial charge is 0.306 e. The lowest BCUT2D eigenvalue weighted by Crippen LogP contribution is -2.24. The van der Waals surface area contributed by atoms with E-state index in [0.29, 0.717) is 32.4 Å². The molecule has 3 rings (SSSR count). The molecule has 0 saturated heterocycles. The van der Waals surface area contributed by atoms with E-state index in [1.54, 1.807) is 48.5 Å². The normalized spacial score (nSPS) is 10.6. The van der Waals surface area contributed by atoms with Gasteiger partial charge in [0.05, 0.1) is 11.3 Å². The zero-order valence-electron chi connectivity index (χ0n) is 11.2.